The topological polar surface area (TPSA) is 46.6 Å². The Morgan fingerprint density at radius 3 is 2.20 bits per heavy atom. The molecule has 0 atom stereocenters. The van der Waals surface area contributed by atoms with E-state index in [0.29, 0.717) is 31.4 Å². The Balaban J connectivity index is 2.47. The van der Waals surface area contributed by atoms with Gasteiger partial charge in [-0.05, 0) is 52.4 Å². The normalized spacial score (nSPS) is 22.6. The van der Waals surface area contributed by atoms with Crippen LogP contribution in [0.15, 0.2) is 0 Å². The van der Waals surface area contributed by atoms with Crippen molar-refractivity contribution in [1.29, 1.82) is 0 Å². The van der Waals surface area contributed by atoms with Crippen LogP contribution in [0.4, 0.5) is 0 Å². The van der Waals surface area contributed by atoms with Gasteiger partial charge in [0.05, 0.1) is 6.61 Å². The predicted molar refractivity (Wildman–Crippen MR) is 79.3 cm³/mol. The van der Waals surface area contributed by atoms with Gasteiger partial charge in [-0.25, -0.2) is 0 Å². The third-order valence-electron chi connectivity index (χ3n) is 4.12. The quantitative estimate of drug-likeness (QED) is 0.704. The summed E-state index contributed by atoms with van der Waals surface area (Å²) in [6.45, 7) is 8.38. The summed E-state index contributed by atoms with van der Waals surface area (Å²) in [6, 6.07) is 0.606. The van der Waals surface area contributed by atoms with E-state index in [2.05, 4.69) is 13.8 Å². The van der Waals surface area contributed by atoms with Crippen LogP contribution < -0.4 is 0 Å². The first-order valence-electron chi connectivity index (χ1n) is 7.96. The van der Waals surface area contributed by atoms with Crippen molar-refractivity contribution in [2.75, 3.05) is 6.61 Å². The molecule has 0 unspecified atom stereocenters. The van der Waals surface area contributed by atoms with Gasteiger partial charge in [-0.15, -0.1) is 0 Å². The fraction of sp³-hybridized carbons (Fsp3) is 0.875. The number of esters is 1. The van der Waals surface area contributed by atoms with E-state index in [1.165, 1.54) is 0 Å². The molecule has 116 valence electrons. The number of amides is 1. The highest BCUT2D eigenvalue weighted by Gasteiger charge is 2.30. The molecule has 4 heteroatoms. The molecule has 1 rings (SSSR count). The van der Waals surface area contributed by atoms with Gasteiger partial charge in [-0.3, -0.25) is 9.59 Å². The summed E-state index contributed by atoms with van der Waals surface area (Å²) in [7, 11) is 0. The minimum atomic E-state index is -0.0821. The van der Waals surface area contributed by atoms with Crippen molar-refractivity contribution < 1.29 is 14.3 Å². The van der Waals surface area contributed by atoms with Crippen LogP contribution in [-0.4, -0.2) is 35.5 Å². The minimum absolute atomic E-state index is 0.0821. The van der Waals surface area contributed by atoms with Crippen molar-refractivity contribution in [3.05, 3.63) is 0 Å². The smallest absolute Gasteiger partial charge is 0.306 e. The van der Waals surface area contributed by atoms with E-state index in [0.717, 1.165) is 25.7 Å². The van der Waals surface area contributed by atoms with E-state index in [1.54, 1.807) is 0 Å². The van der Waals surface area contributed by atoms with Gasteiger partial charge >= 0.3 is 5.97 Å². The van der Waals surface area contributed by atoms with Crippen LogP contribution in [-0.2, 0) is 14.3 Å². The molecule has 1 aliphatic rings. The third-order valence-corrected chi connectivity index (χ3v) is 4.12. The monoisotopic (exact) mass is 283 g/mol. The molecule has 1 fully saturated rings. The van der Waals surface area contributed by atoms with Crippen LogP contribution in [0.5, 0.6) is 0 Å². The van der Waals surface area contributed by atoms with Crippen molar-refractivity contribution in [1.82, 2.24) is 4.90 Å². The fourth-order valence-electron chi connectivity index (χ4n) is 3.18. The largest absolute Gasteiger partial charge is 0.466 e. The predicted octanol–water partition coefficient (Wildman–Crippen LogP) is 3.15. The fourth-order valence-corrected chi connectivity index (χ4v) is 3.18. The molecule has 0 N–H and O–H groups in total. The molecule has 0 aromatic rings. The van der Waals surface area contributed by atoms with Crippen molar-refractivity contribution in [2.24, 2.45) is 5.92 Å². The molecule has 0 radical (unpaired) electrons. The molecule has 1 aliphatic carbocycles. The van der Waals surface area contributed by atoms with Gasteiger partial charge in [0.1, 0.15) is 0 Å². The van der Waals surface area contributed by atoms with Crippen molar-refractivity contribution in [2.45, 2.75) is 78.3 Å². The number of carbonyl (C=O) groups excluding carboxylic acids is 2. The Kier molecular flexibility index (Phi) is 7.03. The van der Waals surface area contributed by atoms with Crippen LogP contribution in [0.2, 0.25) is 0 Å². The summed E-state index contributed by atoms with van der Waals surface area (Å²) < 4.78 is 5.01. The van der Waals surface area contributed by atoms with Gasteiger partial charge in [0.2, 0.25) is 5.91 Å². The molecule has 0 saturated heterocycles. The first-order valence-corrected chi connectivity index (χ1v) is 7.96. The zero-order valence-corrected chi connectivity index (χ0v) is 13.4. The van der Waals surface area contributed by atoms with Crippen LogP contribution in [0.3, 0.4) is 0 Å². The highest BCUT2D eigenvalue weighted by molar-refractivity contribution is 5.76. The SMILES string of the molecule is CCOC(=O)C[C@H]1CC[C@H](N(C(=O)CC)C(C)C)CC1. The van der Waals surface area contributed by atoms with Crippen molar-refractivity contribution in [3.8, 4) is 0 Å². The van der Waals surface area contributed by atoms with Crippen molar-refractivity contribution >= 4 is 11.9 Å². The van der Waals surface area contributed by atoms with Crippen LogP contribution in [0.25, 0.3) is 0 Å². The molecular weight excluding hydrogens is 254 g/mol. The molecule has 20 heavy (non-hydrogen) atoms. The maximum Gasteiger partial charge on any atom is 0.306 e. The highest BCUT2D eigenvalue weighted by atomic mass is 16.5. The zero-order chi connectivity index (χ0) is 15.1. The third kappa shape index (κ3) is 4.80. The molecule has 1 saturated carbocycles. The number of ether oxygens (including phenoxy) is 1. The summed E-state index contributed by atoms with van der Waals surface area (Å²) in [5, 5.41) is 0. The number of nitrogens with zero attached hydrogens (tertiary/aromatic N) is 1. The van der Waals surface area contributed by atoms with Crippen LogP contribution in [0, 0.1) is 5.92 Å². The summed E-state index contributed by atoms with van der Waals surface area (Å²) in [6.07, 6.45) is 5.15. The molecule has 4 nitrogen and oxygen atoms in total. The molecule has 1 amide bonds. The Labute approximate surface area is 122 Å². The second kappa shape index (κ2) is 8.28. The van der Waals surface area contributed by atoms with E-state index in [1.807, 2.05) is 18.7 Å². The molecule has 0 aliphatic heterocycles. The summed E-state index contributed by atoms with van der Waals surface area (Å²) in [5.41, 5.74) is 0. The second-order valence-corrected chi connectivity index (χ2v) is 5.93. The Hall–Kier alpha value is -1.06. The molecule has 0 heterocycles. The average Bonchev–Trinajstić information content (AvgIpc) is 2.40. The Morgan fingerprint density at radius 1 is 1.15 bits per heavy atom. The lowest BCUT2D eigenvalue weighted by Crippen LogP contribution is -2.46. The number of carbonyl (C=O) groups is 2. The van der Waals surface area contributed by atoms with Gasteiger partial charge in [0, 0.05) is 24.9 Å². The Bertz CT molecular complexity index is 320. The lowest BCUT2D eigenvalue weighted by Gasteiger charge is -2.39. The molecule has 0 aromatic heterocycles. The van der Waals surface area contributed by atoms with Crippen molar-refractivity contribution in [3.63, 3.8) is 0 Å². The number of hydrogen-bond donors (Lipinski definition) is 0. The lowest BCUT2D eigenvalue weighted by atomic mass is 9.83. The first-order chi connectivity index (χ1) is 9.49. The number of rotatable bonds is 6. The van der Waals surface area contributed by atoms with Gasteiger partial charge in [0.25, 0.3) is 0 Å². The highest BCUT2D eigenvalue weighted by Crippen LogP contribution is 2.31. The van der Waals surface area contributed by atoms with E-state index < -0.39 is 0 Å². The maximum atomic E-state index is 12.0. The molecule has 0 bridgehead atoms. The molecule has 0 aromatic carbocycles. The van der Waals surface area contributed by atoms with Gasteiger partial charge in [0.15, 0.2) is 0 Å². The van der Waals surface area contributed by atoms with Crippen LogP contribution >= 0.6 is 0 Å². The van der Waals surface area contributed by atoms with Gasteiger partial charge < -0.3 is 9.64 Å². The standard InChI is InChI=1S/C16H29NO3/c1-5-15(18)17(12(3)4)14-9-7-13(8-10-14)11-16(19)20-6-2/h12-14H,5-11H2,1-4H3/t13-,14-. The van der Waals surface area contributed by atoms with E-state index >= 15 is 0 Å². The zero-order valence-electron chi connectivity index (χ0n) is 13.4. The molecular formula is C16H29NO3. The van der Waals surface area contributed by atoms with Crippen LogP contribution in [0.1, 0.15) is 66.2 Å². The average molecular weight is 283 g/mol. The van der Waals surface area contributed by atoms with Gasteiger partial charge in [-0.1, -0.05) is 6.92 Å². The second-order valence-electron chi connectivity index (χ2n) is 5.93. The number of hydrogen-bond acceptors (Lipinski definition) is 3. The van der Waals surface area contributed by atoms with E-state index in [4.69, 9.17) is 4.74 Å². The first kappa shape index (κ1) is 17.0. The van der Waals surface area contributed by atoms with E-state index in [9.17, 15) is 9.59 Å². The summed E-state index contributed by atoms with van der Waals surface area (Å²) in [4.78, 5) is 25.6. The van der Waals surface area contributed by atoms with E-state index in [-0.39, 0.29) is 17.9 Å². The lowest BCUT2D eigenvalue weighted by molar-refractivity contribution is -0.145. The maximum absolute atomic E-state index is 12.0. The summed E-state index contributed by atoms with van der Waals surface area (Å²) in [5.74, 6) is 0.589. The minimum Gasteiger partial charge on any atom is -0.466 e. The summed E-state index contributed by atoms with van der Waals surface area (Å²) >= 11 is 0. The Morgan fingerprint density at radius 2 is 1.75 bits per heavy atom. The van der Waals surface area contributed by atoms with Gasteiger partial charge in [-0.2, -0.15) is 0 Å². The molecule has 0 spiro atoms.